The van der Waals surface area contributed by atoms with Gasteiger partial charge in [0.05, 0.1) is 5.56 Å². The van der Waals surface area contributed by atoms with Gasteiger partial charge in [-0.2, -0.15) is 0 Å². The number of hydrogen-bond acceptors (Lipinski definition) is 2. The standard InChI is InChI=1S/C15H12BrF2NO2/c1-8-2-5-12(17)14(13(8)18)19-7-10-4-3-9(15(20)21)6-11(10)16/h2-6,19H,7H2,1H3,(H,20,21). The lowest BCUT2D eigenvalue weighted by atomic mass is 10.1. The first kappa shape index (κ1) is 15.4. The third-order valence-corrected chi connectivity index (χ3v) is 3.78. The van der Waals surface area contributed by atoms with E-state index in [2.05, 4.69) is 21.2 Å². The van der Waals surface area contributed by atoms with Crippen molar-refractivity contribution in [3.05, 3.63) is 63.1 Å². The zero-order valence-corrected chi connectivity index (χ0v) is 12.7. The molecule has 0 saturated heterocycles. The summed E-state index contributed by atoms with van der Waals surface area (Å²) in [5, 5.41) is 11.6. The monoisotopic (exact) mass is 355 g/mol. The molecule has 0 radical (unpaired) electrons. The van der Waals surface area contributed by atoms with E-state index in [0.29, 0.717) is 15.6 Å². The fourth-order valence-electron chi connectivity index (χ4n) is 1.83. The van der Waals surface area contributed by atoms with Crippen LogP contribution in [-0.2, 0) is 6.54 Å². The second kappa shape index (κ2) is 6.22. The zero-order valence-electron chi connectivity index (χ0n) is 11.1. The van der Waals surface area contributed by atoms with Crippen molar-refractivity contribution < 1.29 is 18.7 Å². The highest BCUT2D eigenvalue weighted by Crippen LogP contribution is 2.24. The number of rotatable bonds is 4. The summed E-state index contributed by atoms with van der Waals surface area (Å²) in [5.74, 6) is -2.34. The van der Waals surface area contributed by atoms with E-state index in [0.717, 1.165) is 0 Å². The van der Waals surface area contributed by atoms with Crippen molar-refractivity contribution >= 4 is 27.6 Å². The van der Waals surface area contributed by atoms with E-state index in [1.54, 1.807) is 13.0 Å². The number of carbonyl (C=O) groups is 1. The van der Waals surface area contributed by atoms with Crippen molar-refractivity contribution in [2.45, 2.75) is 13.5 Å². The highest BCUT2D eigenvalue weighted by atomic mass is 79.9. The van der Waals surface area contributed by atoms with Crippen LogP contribution in [0.25, 0.3) is 0 Å². The second-order valence-corrected chi connectivity index (χ2v) is 5.37. The predicted octanol–water partition coefficient (Wildman–Crippen LogP) is 4.35. The number of halogens is 3. The summed E-state index contributed by atoms with van der Waals surface area (Å²) >= 11 is 3.25. The molecule has 0 atom stereocenters. The molecular formula is C15H12BrF2NO2. The van der Waals surface area contributed by atoms with Crippen LogP contribution in [0.15, 0.2) is 34.8 Å². The Bertz CT molecular complexity index is 704. The molecule has 0 heterocycles. The Morgan fingerprint density at radius 2 is 2.00 bits per heavy atom. The highest BCUT2D eigenvalue weighted by Gasteiger charge is 2.12. The second-order valence-electron chi connectivity index (χ2n) is 4.52. The van der Waals surface area contributed by atoms with E-state index in [9.17, 15) is 13.6 Å². The summed E-state index contributed by atoms with van der Waals surface area (Å²) in [4.78, 5) is 10.8. The van der Waals surface area contributed by atoms with Crippen molar-refractivity contribution in [2.24, 2.45) is 0 Å². The van der Waals surface area contributed by atoms with Gasteiger partial charge in [-0.25, -0.2) is 13.6 Å². The van der Waals surface area contributed by atoms with Gasteiger partial charge in [-0.05, 0) is 36.2 Å². The Labute approximate surface area is 128 Å². The molecule has 0 spiro atoms. The van der Waals surface area contributed by atoms with Gasteiger partial charge in [0.2, 0.25) is 0 Å². The number of anilines is 1. The molecule has 0 aliphatic rings. The molecule has 0 fully saturated rings. The van der Waals surface area contributed by atoms with Gasteiger partial charge in [0.1, 0.15) is 11.5 Å². The van der Waals surface area contributed by atoms with Crippen LogP contribution in [0, 0.1) is 18.6 Å². The van der Waals surface area contributed by atoms with Gasteiger partial charge >= 0.3 is 5.97 Å². The molecule has 0 aromatic heterocycles. The van der Waals surface area contributed by atoms with E-state index >= 15 is 0 Å². The first-order valence-corrected chi connectivity index (χ1v) is 6.89. The number of aryl methyl sites for hydroxylation is 1. The van der Waals surface area contributed by atoms with E-state index < -0.39 is 17.6 Å². The lowest BCUT2D eigenvalue weighted by molar-refractivity contribution is 0.0697. The number of aromatic carboxylic acids is 1. The minimum absolute atomic E-state index is 0.138. The minimum atomic E-state index is -1.04. The van der Waals surface area contributed by atoms with Gasteiger partial charge in [0.15, 0.2) is 5.82 Å². The zero-order chi connectivity index (χ0) is 15.6. The quantitative estimate of drug-likeness (QED) is 0.857. The van der Waals surface area contributed by atoms with E-state index in [4.69, 9.17) is 5.11 Å². The van der Waals surface area contributed by atoms with Crippen LogP contribution in [0.4, 0.5) is 14.5 Å². The van der Waals surface area contributed by atoms with Crippen LogP contribution in [0.5, 0.6) is 0 Å². The maximum atomic E-state index is 13.8. The van der Waals surface area contributed by atoms with Crippen molar-refractivity contribution in [2.75, 3.05) is 5.32 Å². The summed E-state index contributed by atoms with van der Waals surface area (Å²) in [5.41, 5.74) is 0.988. The summed E-state index contributed by atoms with van der Waals surface area (Å²) in [6, 6.07) is 7.04. The van der Waals surface area contributed by atoms with Crippen molar-refractivity contribution in [1.29, 1.82) is 0 Å². The van der Waals surface area contributed by atoms with E-state index in [-0.39, 0.29) is 17.8 Å². The first-order chi connectivity index (χ1) is 9.90. The Hall–Kier alpha value is -1.95. The molecule has 2 aromatic carbocycles. The van der Waals surface area contributed by atoms with E-state index in [1.165, 1.54) is 24.3 Å². The number of nitrogens with one attached hydrogen (secondary N) is 1. The summed E-state index contributed by atoms with van der Waals surface area (Å²) in [6.07, 6.45) is 0. The minimum Gasteiger partial charge on any atom is -0.478 e. The van der Waals surface area contributed by atoms with Crippen LogP contribution < -0.4 is 5.32 Å². The van der Waals surface area contributed by atoms with Gasteiger partial charge in [0.25, 0.3) is 0 Å². The maximum absolute atomic E-state index is 13.8. The molecule has 0 aliphatic heterocycles. The molecule has 6 heteroatoms. The molecule has 2 N–H and O–H groups in total. The van der Waals surface area contributed by atoms with Crippen molar-refractivity contribution in [3.63, 3.8) is 0 Å². The Morgan fingerprint density at radius 1 is 1.29 bits per heavy atom. The van der Waals surface area contributed by atoms with Gasteiger partial charge < -0.3 is 10.4 Å². The van der Waals surface area contributed by atoms with Crippen LogP contribution in [0.3, 0.4) is 0 Å². The van der Waals surface area contributed by atoms with Gasteiger partial charge in [0, 0.05) is 11.0 Å². The molecule has 2 rings (SSSR count). The molecule has 21 heavy (non-hydrogen) atoms. The smallest absolute Gasteiger partial charge is 0.335 e. The molecule has 2 aromatic rings. The third-order valence-electron chi connectivity index (χ3n) is 3.04. The van der Waals surface area contributed by atoms with Crippen molar-refractivity contribution in [1.82, 2.24) is 0 Å². The normalized spacial score (nSPS) is 10.5. The van der Waals surface area contributed by atoms with Gasteiger partial charge in [-0.15, -0.1) is 0 Å². The molecule has 0 amide bonds. The van der Waals surface area contributed by atoms with Crippen molar-refractivity contribution in [3.8, 4) is 0 Å². The fraction of sp³-hybridized carbons (Fsp3) is 0.133. The van der Waals surface area contributed by atoms with Crippen LogP contribution in [0.2, 0.25) is 0 Å². The number of carboxylic acids is 1. The van der Waals surface area contributed by atoms with E-state index in [1.807, 2.05) is 0 Å². The average Bonchev–Trinajstić information content (AvgIpc) is 2.44. The van der Waals surface area contributed by atoms with Crippen LogP contribution >= 0.6 is 15.9 Å². The van der Waals surface area contributed by atoms with Crippen LogP contribution in [-0.4, -0.2) is 11.1 Å². The molecule has 0 saturated carbocycles. The van der Waals surface area contributed by atoms with Crippen LogP contribution in [0.1, 0.15) is 21.5 Å². The molecule has 0 unspecified atom stereocenters. The fourth-order valence-corrected chi connectivity index (χ4v) is 2.35. The summed E-state index contributed by atoms with van der Waals surface area (Å²) < 4.78 is 28.0. The average molecular weight is 356 g/mol. The highest BCUT2D eigenvalue weighted by molar-refractivity contribution is 9.10. The third kappa shape index (κ3) is 3.39. The summed E-state index contributed by atoms with van der Waals surface area (Å²) in [7, 11) is 0. The van der Waals surface area contributed by atoms with Gasteiger partial charge in [-0.3, -0.25) is 0 Å². The molecule has 3 nitrogen and oxygen atoms in total. The Kier molecular flexibility index (Phi) is 4.57. The first-order valence-electron chi connectivity index (χ1n) is 6.10. The number of hydrogen-bond donors (Lipinski definition) is 2. The lowest BCUT2D eigenvalue weighted by Crippen LogP contribution is -2.06. The molecule has 0 bridgehead atoms. The molecule has 110 valence electrons. The SMILES string of the molecule is Cc1ccc(F)c(NCc2ccc(C(=O)O)cc2Br)c1F. The summed E-state index contributed by atoms with van der Waals surface area (Å²) in [6.45, 7) is 1.72. The molecule has 0 aliphatic carbocycles. The molecular weight excluding hydrogens is 344 g/mol. The Morgan fingerprint density at radius 3 is 2.62 bits per heavy atom. The number of carboxylic acid groups (broad SMARTS) is 1. The topological polar surface area (TPSA) is 49.3 Å². The lowest BCUT2D eigenvalue weighted by Gasteiger charge is -2.12. The van der Waals surface area contributed by atoms with Gasteiger partial charge in [-0.1, -0.05) is 28.1 Å². The number of benzene rings is 2. The largest absolute Gasteiger partial charge is 0.478 e. The predicted molar refractivity (Wildman–Crippen MR) is 79.5 cm³/mol. The maximum Gasteiger partial charge on any atom is 0.335 e. The Balaban J connectivity index is 2.21.